The molecule has 1 N–H and O–H groups in total. The summed E-state index contributed by atoms with van der Waals surface area (Å²) in [6.45, 7) is 0. The minimum absolute atomic E-state index is 0.111. The number of benzene rings is 1. The minimum atomic E-state index is -0.180. The zero-order chi connectivity index (χ0) is 18.5. The first-order valence-corrected chi connectivity index (χ1v) is 10.0. The van der Waals surface area contributed by atoms with Crippen LogP contribution in [0.4, 0.5) is 0 Å². The van der Waals surface area contributed by atoms with E-state index in [9.17, 15) is 4.79 Å². The number of thioether (sulfide) groups is 1. The second kappa shape index (κ2) is 8.24. The first kappa shape index (κ1) is 17.6. The van der Waals surface area contributed by atoms with E-state index in [1.165, 1.54) is 18.0 Å². The van der Waals surface area contributed by atoms with Crippen molar-refractivity contribution in [2.75, 3.05) is 5.75 Å². The SMILES string of the molecule is O=C(CSc1nnc(-c2ccco2)o1)NC(c1ccccc1)c1cccs1. The van der Waals surface area contributed by atoms with Gasteiger partial charge in [0.25, 0.3) is 11.1 Å². The molecule has 3 aromatic heterocycles. The van der Waals surface area contributed by atoms with Gasteiger partial charge in [0.05, 0.1) is 18.1 Å². The number of carbonyl (C=O) groups excluding carboxylic acids is 1. The molecule has 8 heteroatoms. The van der Waals surface area contributed by atoms with Gasteiger partial charge in [-0.25, -0.2) is 0 Å². The number of nitrogens with zero attached hydrogens (tertiary/aromatic N) is 2. The van der Waals surface area contributed by atoms with E-state index in [1.54, 1.807) is 23.5 Å². The van der Waals surface area contributed by atoms with Crippen molar-refractivity contribution in [3.8, 4) is 11.7 Å². The second-order valence-corrected chi connectivity index (χ2v) is 7.47. The highest BCUT2D eigenvalue weighted by Gasteiger charge is 2.19. The van der Waals surface area contributed by atoms with Crippen LogP contribution in [0.1, 0.15) is 16.5 Å². The van der Waals surface area contributed by atoms with Gasteiger partial charge in [-0.2, -0.15) is 0 Å². The lowest BCUT2D eigenvalue weighted by Gasteiger charge is -2.17. The maximum absolute atomic E-state index is 12.5. The Morgan fingerprint density at radius 3 is 2.74 bits per heavy atom. The summed E-state index contributed by atoms with van der Waals surface area (Å²) in [6, 6.07) is 17.2. The van der Waals surface area contributed by atoms with Crippen molar-refractivity contribution in [1.29, 1.82) is 0 Å². The van der Waals surface area contributed by atoms with E-state index in [2.05, 4.69) is 15.5 Å². The summed E-state index contributed by atoms with van der Waals surface area (Å²) in [7, 11) is 0. The van der Waals surface area contributed by atoms with Gasteiger partial charge in [0.2, 0.25) is 5.91 Å². The topological polar surface area (TPSA) is 81.2 Å². The highest BCUT2D eigenvalue weighted by Crippen LogP contribution is 2.27. The minimum Gasteiger partial charge on any atom is -0.459 e. The summed E-state index contributed by atoms with van der Waals surface area (Å²) in [5.74, 6) is 0.860. The highest BCUT2D eigenvalue weighted by atomic mass is 32.2. The van der Waals surface area contributed by atoms with Crippen molar-refractivity contribution in [2.24, 2.45) is 0 Å². The molecule has 0 spiro atoms. The number of rotatable bonds is 7. The predicted octanol–water partition coefficient (Wildman–Crippen LogP) is 4.39. The van der Waals surface area contributed by atoms with Crippen LogP contribution in [-0.4, -0.2) is 21.9 Å². The number of amides is 1. The number of hydrogen-bond donors (Lipinski definition) is 1. The molecular formula is C19H15N3O3S2. The van der Waals surface area contributed by atoms with E-state index in [-0.39, 0.29) is 17.7 Å². The lowest BCUT2D eigenvalue weighted by molar-refractivity contribution is -0.119. The van der Waals surface area contributed by atoms with Crippen molar-refractivity contribution in [3.05, 3.63) is 76.7 Å². The van der Waals surface area contributed by atoms with E-state index in [0.29, 0.717) is 16.9 Å². The fourth-order valence-electron chi connectivity index (χ4n) is 2.52. The fraction of sp³-hybridized carbons (Fsp3) is 0.105. The molecule has 1 atom stereocenters. The van der Waals surface area contributed by atoms with Crippen molar-refractivity contribution in [1.82, 2.24) is 15.5 Å². The van der Waals surface area contributed by atoms with Crippen LogP contribution in [0.25, 0.3) is 11.7 Å². The first-order chi connectivity index (χ1) is 13.3. The van der Waals surface area contributed by atoms with Crippen LogP contribution in [0, 0.1) is 0 Å². The van der Waals surface area contributed by atoms with Gasteiger partial charge in [-0.1, -0.05) is 48.2 Å². The van der Waals surface area contributed by atoms with Crippen LogP contribution in [0.15, 0.2) is 80.3 Å². The van der Waals surface area contributed by atoms with Gasteiger partial charge in [-0.15, -0.1) is 21.5 Å². The number of hydrogen-bond acceptors (Lipinski definition) is 7. The Balaban J connectivity index is 1.40. The zero-order valence-electron chi connectivity index (χ0n) is 14.1. The Labute approximate surface area is 163 Å². The van der Waals surface area contributed by atoms with Crippen LogP contribution in [0.2, 0.25) is 0 Å². The van der Waals surface area contributed by atoms with E-state index < -0.39 is 0 Å². The van der Waals surface area contributed by atoms with Crippen molar-refractivity contribution < 1.29 is 13.6 Å². The van der Waals surface area contributed by atoms with Crippen molar-refractivity contribution in [3.63, 3.8) is 0 Å². The Hall–Kier alpha value is -2.84. The standard InChI is InChI=1S/C19H15N3O3S2/c23-16(12-27-19-22-21-18(25-19)14-8-4-10-24-14)20-17(15-9-5-11-26-15)13-6-2-1-3-7-13/h1-11,17H,12H2,(H,20,23). The molecule has 0 bridgehead atoms. The normalized spacial score (nSPS) is 12.0. The lowest BCUT2D eigenvalue weighted by atomic mass is 10.1. The van der Waals surface area contributed by atoms with Gasteiger partial charge in [0.15, 0.2) is 5.76 Å². The second-order valence-electron chi connectivity index (χ2n) is 5.57. The average Bonchev–Trinajstić information content (AvgIpc) is 3.47. The molecule has 4 aromatic rings. The largest absolute Gasteiger partial charge is 0.459 e. The molecule has 0 saturated heterocycles. The summed E-state index contributed by atoms with van der Waals surface area (Å²) < 4.78 is 10.7. The van der Waals surface area contributed by atoms with Gasteiger partial charge < -0.3 is 14.2 Å². The fourth-order valence-corrected chi connectivity index (χ4v) is 3.89. The lowest BCUT2D eigenvalue weighted by Crippen LogP contribution is -2.30. The number of thiophene rings is 1. The molecule has 1 aromatic carbocycles. The predicted molar refractivity (Wildman–Crippen MR) is 103 cm³/mol. The van der Waals surface area contributed by atoms with Crippen LogP contribution in [0.3, 0.4) is 0 Å². The third-order valence-corrected chi connectivity index (χ3v) is 5.49. The summed E-state index contributed by atoms with van der Waals surface area (Å²) in [5, 5.41) is 13.3. The van der Waals surface area contributed by atoms with E-state index in [1.807, 2.05) is 47.8 Å². The van der Waals surface area contributed by atoms with Crippen LogP contribution in [-0.2, 0) is 4.79 Å². The molecule has 0 aliphatic rings. The van der Waals surface area contributed by atoms with Crippen LogP contribution in [0.5, 0.6) is 0 Å². The molecule has 0 saturated carbocycles. The number of aromatic nitrogens is 2. The van der Waals surface area contributed by atoms with Gasteiger partial charge >= 0.3 is 0 Å². The summed E-state index contributed by atoms with van der Waals surface area (Å²) in [4.78, 5) is 13.6. The maximum atomic E-state index is 12.5. The monoisotopic (exact) mass is 397 g/mol. The molecule has 0 aliphatic heterocycles. The van der Waals surface area contributed by atoms with Crippen molar-refractivity contribution in [2.45, 2.75) is 11.3 Å². The maximum Gasteiger partial charge on any atom is 0.284 e. The third kappa shape index (κ3) is 4.29. The number of carbonyl (C=O) groups is 1. The Morgan fingerprint density at radius 1 is 1.11 bits per heavy atom. The molecule has 27 heavy (non-hydrogen) atoms. The molecule has 0 fully saturated rings. The Morgan fingerprint density at radius 2 is 2.00 bits per heavy atom. The number of furan rings is 1. The molecule has 6 nitrogen and oxygen atoms in total. The zero-order valence-corrected chi connectivity index (χ0v) is 15.7. The summed E-state index contributed by atoms with van der Waals surface area (Å²) >= 11 is 2.80. The Kier molecular flexibility index (Phi) is 5.36. The smallest absolute Gasteiger partial charge is 0.284 e. The molecule has 3 heterocycles. The van der Waals surface area contributed by atoms with Crippen LogP contribution >= 0.6 is 23.1 Å². The average molecular weight is 397 g/mol. The van der Waals surface area contributed by atoms with E-state index in [4.69, 9.17) is 8.83 Å². The van der Waals surface area contributed by atoms with Gasteiger partial charge in [0.1, 0.15) is 0 Å². The molecule has 1 amide bonds. The van der Waals surface area contributed by atoms with Gasteiger partial charge in [-0.05, 0) is 29.1 Å². The summed E-state index contributed by atoms with van der Waals surface area (Å²) in [6.07, 6.45) is 1.54. The third-order valence-electron chi connectivity index (χ3n) is 3.73. The molecule has 4 rings (SSSR count). The molecule has 0 aliphatic carbocycles. The van der Waals surface area contributed by atoms with E-state index >= 15 is 0 Å². The first-order valence-electron chi connectivity index (χ1n) is 8.17. The van der Waals surface area contributed by atoms with E-state index in [0.717, 1.165) is 10.4 Å². The Bertz CT molecular complexity index is 983. The van der Waals surface area contributed by atoms with Crippen molar-refractivity contribution >= 4 is 29.0 Å². The van der Waals surface area contributed by atoms with Crippen LogP contribution < -0.4 is 5.32 Å². The molecule has 1 unspecified atom stereocenters. The molecular weight excluding hydrogens is 382 g/mol. The van der Waals surface area contributed by atoms with Gasteiger partial charge in [-0.3, -0.25) is 4.79 Å². The number of nitrogens with one attached hydrogen (secondary N) is 1. The highest BCUT2D eigenvalue weighted by molar-refractivity contribution is 7.99. The quantitative estimate of drug-likeness (QED) is 0.466. The molecule has 136 valence electrons. The van der Waals surface area contributed by atoms with Gasteiger partial charge in [0, 0.05) is 4.88 Å². The summed E-state index contributed by atoms with van der Waals surface area (Å²) in [5.41, 5.74) is 1.04. The molecule has 0 radical (unpaired) electrons.